The molecule has 0 aromatic heterocycles. The molecular formula is C26H20N2O5S. The maximum Gasteiger partial charge on any atom is 0.335 e. The summed E-state index contributed by atoms with van der Waals surface area (Å²) in [5.41, 5.74) is 3.01. The minimum atomic E-state index is -1.00. The Morgan fingerprint density at radius 1 is 1.03 bits per heavy atom. The zero-order valence-electron chi connectivity index (χ0n) is 18.1. The van der Waals surface area contributed by atoms with Gasteiger partial charge < -0.3 is 9.84 Å². The lowest BCUT2D eigenvalue weighted by Gasteiger charge is -2.29. The van der Waals surface area contributed by atoms with Crippen molar-refractivity contribution in [2.24, 2.45) is 0 Å². The Hall–Kier alpha value is -4.30. The number of carbonyl (C=O) groups excluding carboxylic acids is 2. The summed E-state index contributed by atoms with van der Waals surface area (Å²) in [6, 6.07) is 20.6. The minimum absolute atomic E-state index is 0.0188. The van der Waals surface area contributed by atoms with Gasteiger partial charge >= 0.3 is 5.97 Å². The fourth-order valence-corrected chi connectivity index (χ4v) is 3.66. The lowest BCUT2D eigenvalue weighted by Crippen LogP contribution is -2.54. The number of benzene rings is 3. The molecule has 0 unspecified atom stereocenters. The zero-order valence-corrected chi connectivity index (χ0v) is 19.0. The molecule has 0 radical (unpaired) electrons. The van der Waals surface area contributed by atoms with Crippen molar-refractivity contribution in [1.29, 1.82) is 0 Å². The van der Waals surface area contributed by atoms with Crippen LogP contribution in [0.1, 0.15) is 27.0 Å². The van der Waals surface area contributed by atoms with Crippen LogP contribution in [-0.2, 0) is 16.2 Å². The molecule has 0 saturated carbocycles. The quantitative estimate of drug-likeness (QED) is 0.319. The lowest BCUT2D eigenvalue weighted by molar-refractivity contribution is -0.122. The summed E-state index contributed by atoms with van der Waals surface area (Å²) in [5.74, 6) is -1.65. The second-order valence-electron chi connectivity index (χ2n) is 7.62. The Bertz CT molecular complexity index is 1310. The molecule has 1 heterocycles. The van der Waals surface area contributed by atoms with Gasteiger partial charge in [0.25, 0.3) is 11.8 Å². The highest BCUT2D eigenvalue weighted by Gasteiger charge is 2.34. The minimum Gasteiger partial charge on any atom is -0.488 e. The van der Waals surface area contributed by atoms with Crippen LogP contribution < -0.4 is 15.0 Å². The number of amides is 2. The number of nitrogens with one attached hydrogen (secondary N) is 1. The first-order valence-electron chi connectivity index (χ1n) is 10.4. The zero-order chi connectivity index (χ0) is 24.2. The summed E-state index contributed by atoms with van der Waals surface area (Å²) < 4.78 is 5.91. The van der Waals surface area contributed by atoms with Crippen LogP contribution in [0.5, 0.6) is 5.75 Å². The second kappa shape index (κ2) is 9.68. The highest BCUT2D eigenvalue weighted by Crippen LogP contribution is 2.26. The van der Waals surface area contributed by atoms with Gasteiger partial charge in [-0.15, -0.1) is 0 Å². The van der Waals surface area contributed by atoms with Crippen molar-refractivity contribution in [3.05, 3.63) is 101 Å². The van der Waals surface area contributed by atoms with Gasteiger partial charge in [-0.05, 0) is 61.1 Å². The molecule has 1 aliphatic heterocycles. The van der Waals surface area contributed by atoms with Crippen molar-refractivity contribution in [3.8, 4) is 5.75 Å². The van der Waals surface area contributed by atoms with Crippen molar-refractivity contribution in [1.82, 2.24) is 5.32 Å². The van der Waals surface area contributed by atoms with Gasteiger partial charge in [0.15, 0.2) is 5.11 Å². The van der Waals surface area contributed by atoms with Crippen LogP contribution in [0.4, 0.5) is 5.69 Å². The fraction of sp³-hybridized carbons (Fsp3) is 0.0769. The smallest absolute Gasteiger partial charge is 0.335 e. The molecule has 0 atom stereocenters. The topological polar surface area (TPSA) is 95.9 Å². The van der Waals surface area contributed by atoms with E-state index >= 15 is 0 Å². The summed E-state index contributed by atoms with van der Waals surface area (Å²) in [4.78, 5) is 38.2. The predicted molar refractivity (Wildman–Crippen MR) is 132 cm³/mol. The van der Waals surface area contributed by atoms with E-state index in [0.717, 1.165) is 11.1 Å². The average Bonchev–Trinajstić information content (AvgIpc) is 2.82. The van der Waals surface area contributed by atoms with E-state index in [1.807, 2.05) is 19.1 Å². The first-order chi connectivity index (χ1) is 16.3. The van der Waals surface area contributed by atoms with E-state index in [1.165, 1.54) is 23.1 Å². The Balaban J connectivity index is 1.59. The number of aryl methyl sites for hydroxylation is 1. The van der Waals surface area contributed by atoms with Crippen LogP contribution in [0, 0.1) is 6.92 Å². The van der Waals surface area contributed by atoms with E-state index in [9.17, 15) is 14.4 Å². The van der Waals surface area contributed by atoms with Crippen molar-refractivity contribution in [2.75, 3.05) is 4.90 Å². The molecule has 2 amide bonds. The van der Waals surface area contributed by atoms with Gasteiger partial charge in [0.05, 0.1) is 11.3 Å². The van der Waals surface area contributed by atoms with Crippen LogP contribution in [0.25, 0.3) is 6.08 Å². The van der Waals surface area contributed by atoms with Gasteiger partial charge in [-0.3, -0.25) is 19.8 Å². The van der Waals surface area contributed by atoms with E-state index < -0.39 is 17.8 Å². The van der Waals surface area contributed by atoms with E-state index in [4.69, 9.17) is 22.1 Å². The number of rotatable bonds is 6. The summed E-state index contributed by atoms with van der Waals surface area (Å²) in [6.07, 6.45) is 1.48. The Morgan fingerprint density at radius 3 is 2.38 bits per heavy atom. The number of carboxylic acids is 1. The summed E-state index contributed by atoms with van der Waals surface area (Å²) in [6.45, 7) is 2.12. The summed E-state index contributed by atoms with van der Waals surface area (Å²) in [7, 11) is 0. The number of carbonyl (C=O) groups is 3. The van der Waals surface area contributed by atoms with Crippen LogP contribution in [-0.4, -0.2) is 28.0 Å². The van der Waals surface area contributed by atoms with Crippen LogP contribution >= 0.6 is 12.2 Å². The van der Waals surface area contributed by atoms with Gasteiger partial charge in [-0.1, -0.05) is 48.0 Å². The number of hydrogen-bond donors (Lipinski definition) is 2. The number of para-hydroxylation sites is 1. The van der Waals surface area contributed by atoms with E-state index in [-0.39, 0.29) is 22.9 Å². The van der Waals surface area contributed by atoms with E-state index in [2.05, 4.69) is 5.32 Å². The first kappa shape index (κ1) is 22.9. The maximum atomic E-state index is 13.2. The van der Waals surface area contributed by atoms with Crippen molar-refractivity contribution in [2.45, 2.75) is 13.5 Å². The molecule has 0 bridgehead atoms. The largest absolute Gasteiger partial charge is 0.488 e. The molecule has 8 heteroatoms. The molecule has 2 N–H and O–H groups in total. The molecule has 34 heavy (non-hydrogen) atoms. The van der Waals surface area contributed by atoms with Crippen molar-refractivity contribution in [3.63, 3.8) is 0 Å². The molecule has 7 nitrogen and oxygen atoms in total. The molecule has 0 spiro atoms. The first-order valence-corrected chi connectivity index (χ1v) is 10.8. The molecule has 1 saturated heterocycles. The highest BCUT2D eigenvalue weighted by atomic mass is 32.1. The normalized spacial score (nSPS) is 14.8. The van der Waals surface area contributed by atoms with Gasteiger partial charge in [0.1, 0.15) is 17.9 Å². The molecule has 3 aromatic carbocycles. The predicted octanol–water partition coefficient (Wildman–Crippen LogP) is 4.10. The number of ether oxygens (including phenoxy) is 1. The standard InChI is InChI=1S/C26H20N2O5S/c1-16-6-12-20(13-7-16)28-24(30)21(23(29)27-26(28)34)14-19-4-2-3-5-22(19)33-15-17-8-10-18(11-9-17)25(31)32/h2-14H,15H2,1H3,(H,31,32)(H,27,29,34)/b21-14+. The highest BCUT2D eigenvalue weighted by molar-refractivity contribution is 7.80. The number of hydrogen-bond acceptors (Lipinski definition) is 5. The molecular weight excluding hydrogens is 452 g/mol. The van der Waals surface area contributed by atoms with Gasteiger partial charge in [0, 0.05) is 5.56 Å². The monoisotopic (exact) mass is 472 g/mol. The van der Waals surface area contributed by atoms with Crippen LogP contribution in [0.2, 0.25) is 0 Å². The third kappa shape index (κ3) is 4.87. The van der Waals surface area contributed by atoms with Crippen molar-refractivity contribution < 1.29 is 24.2 Å². The summed E-state index contributed by atoms with van der Waals surface area (Å²) >= 11 is 5.24. The number of carboxylic acid groups (broad SMARTS) is 1. The third-order valence-corrected chi connectivity index (χ3v) is 5.49. The second-order valence-corrected chi connectivity index (χ2v) is 8.01. The van der Waals surface area contributed by atoms with Gasteiger partial charge in [0.2, 0.25) is 0 Å². The number of aromatic carboxylic acids is 1. The molecule has 170 valence electrons. The third-order valence-electron chi connectivity index (χ3n) is 5.21. The van der Waals surface area contributed by atoms with Gasteiger partial charge in [-0.25, -0.2) is 4.79 Å². The lowest BCUT2D eigenvalue weighted by atomic mass is 10.1. The summed E-state index contributed by atoms with van der Waals surface area (Å²) in [5, 5.41) is 11.6. The Kier molecular flexibility index (Phi) is 6.51. The van der Waals surface area contributed by atoms with Crippen LogP contribution in [0.3, 0.4) is 0 Å². The maximum absolute atomic E-state index is 13.2. The van der Waals surface area contributed by atoms with Crippen molar-refractivity contribution >= 4 is 46.9 Å². The van der Waals surface area contributed by atoms with Crippen LogP contribution in [0.15, 0.2) is 78.4 Å². The number of nitrogens with zero attached hydrogens (tertiary/aromatic N) is 1. The Labute approximate surface area is 201 Å². The molecule has 0 aliphatic carbocycles. The van der Waals surface area contributed by atoms with Gasteiger partial charge in [-0.2, -0.15) is 0 Å². The molecule has 1 fully saturated rings. The average molecular weight is 473 g/mol. The molecule has 3 aromatic rings. The number of thiocarbonyl (C=S) groups is 1. The van der Waals surface area contributed by atoms with E-state index in [1.54, 1.807) is 48.5 Å². The molecule has 4 rings (SSSR count). The SMILES string of the molecule is Cc1ccc(N2C(=O)/C(=C/c3ccccc3OCc3ccc(C(=O)O)cc3)C(=O)NC2=S)cc1. The molecule has 1 aliphatic rings. The fourth-order valence-electron chi connectivity index (χ4n) is 3.38. The van der Waals surface area contributed by atoms with E-state index in [0.29, 0.717) is 17.0 Å². The Morgan fingerprint density at radius 2 is 1.71 bits per heavy atom. The number of anilines is 1.